The van der Waals surface area contributed by atoms with Gasteiger partial charge in [0.15, 0.2) is 0 Å². The van der Waals surface area contributed by atoms with Crippen LogP contribution in [0.4, 0.5) is 0 Å². The quantitative estimate of drug-likeness (QED) is 0.566. The predicted molar refractivity (Wildman–Crippen MR) is 42.4 cm³/mol. The third-order valence-electron chi connectivity index (χ3n) is 1.85. The highest BCUT2D eigenvalue weighted by atomic mass is 14.5. The monoisotopic (exact) mass is 129 g/mol. The largest absolute Gasteiger partial charge is 0.330 e. The minimum absolute atomic E-state index is 0.858. The molecular formula is C8H19N. The van der Waals surface area contributed by atoms with Gasteiger partial charge in [-0.05, 0) is 18.9 Å². The maximum Gasteiger partial charge on any atom is -0.00773 e. The molecule has 0 amide bonds. The van der Waals surface area contributed by atoms with Gasteiger partial charge in [0, 0.05) is 0 Å². The Labute approximate surface area is 58.6 Å². The molecule has 0 unspecified atom stereocenters. The van der Waals surface area contributed by atoms with Crippen LogP contribution in [-0.2, 0) is 0 Å². The standard InChI is InChI=1S/C8H19N/c1-3-8(2)6-4-5-7-9/h8H,3-7,9H2,1-2H3/t8-/m0/s1. The molecule has 0 spiro atoms. The third-order valence-corrected chi connectivity index (χ3v) is 1.85. The van der Waals surface area contributed by atoms with Crippen molar-refractivity contribution in [3.05, 3.63) is 0 Å². The van der Waals surface area contributed by atoms with Crippen LogP contribution in [0.15, 0.2) is 0 Å². The van der Waals surface area contributed by atoms with Gasteiger partial charge in [0.25, 0.3) is 0 Å². The maximum atomic E-state index is 5.36. The zero-order valence-corrected chi connectivity index (χ0v) is 6.69. The average Bonchev–Trinajstić information content (AvgIpc) is 1.89. The fourth-order valence-electron chi connectivity index (χ4n) is 0.841. The Kier molecular flexibility index (Phi) is 6.06. The highest BCUT2D eigenvalue weighted by molar-refractivity contribution is 4.50. The molecule has 0 saturated carbocycles. The van der Waals surface area contributed by atoms with E-state index >= 15 is 0 Å². The molecule has 0 heterocycles. The number of hydrogen-bond donors (Lipinski definition) is 1. The zero-order valence-electron chi connectivity index (χ0n) is 6.69. The molecule has 0 saturated heterocycles. The van der Waals surface area contributed by atoms with Gasteiger partial charge in [0.05, 0.1) is 0 Å². The second-order valence-corrected chi connectivity index (χ2v) is 2.80. The Morgan fingerprint density at radius 3 is 2.44 bits per heavy atom. The lowest BCUT2D eigenvalue weighted by atomic mass is 10.0. The summed E-state index contributed by atoms with van der Waals surface area (Å²) in [7, 11) is 0. The second kappa shape index (κ2) is 6.09. The molecule has 0 bridgehead atoms. The number of rotatable bonds is 5. The highest BCUT2D eigenvalue weighted by Gasteiger charge is 1.95. The van der Waals surface area contributed by atoms with E-state index in [0.717, 1.165) is 12.5 Å². The Morgan fingerprint density at radius 1 is 1.33 bits per heavy atom. The molecule has 1 nitrogen and oxygen atoms in total. The summed E-state index contributed by atoms with van der Waals surface area (Å²) in [4.78, 5) is 0. The molecule has 56 valence electrons. The van der Waals surface area contributed by atoms with E-state index in [0.29, 0.717) is 0 Å². The molecule has 0 rings (SSSR count). The van der Waals surface area contributed by atoms with E-state index in [2.05, 4.69) is 13.8 Å². The lowest BCUT2D eigenvalue weighted by molar-refractivity contribution is 0.487. The maximum absolute atomic E-state index is 5.36. The van der Waals surface area contributed by atoms with Crippen LogP contribution >= 0.6 is 0 Å². The summed E-state index contributed by atoms with van der Waals surface area (Å²) >= 11 is 0. The fraction of sp³-hybridized carbons (Fsp3) is 1.00. The Hall–Kier alpha value is -0.0400. The minimum Gasteiger partial charge on any atom is -0.330 e. The topological polar surface area (TPSA) is 26.0 Å². The number of hydrogen-bond acceptors (Lipinski definition) is 1. The van der Waals surface area contributed by atoms with Gasteiger partial charge in [0.1, 0.15) is 0 Å². The van der Waals surface area contributed by atoms with Gasteiger partial charge in [-0.2, -0.15) is 0 Å². The lowest BCUT2D eigenvalue weighted by Gasteiger charge is -2.05. The van der Waals surface area contributed by atoms with Crippen LogP contribution in [0.25, 0.3) is 0 Å². The first kappa shape index (κ1) is 8.96. The predicted octanol–water partition coefficient (Wildman–Crippen LogP) is 2.16. The lowest BCUT2D eigenvalue weighted by Crippen LogP contribution is -1.99. The number of unbranched alkanes of at least 4 members (excludes halogenated alkanes) is 1. The van der Waals surface area contributed by atoms with Crippen molar-refractivity contribution in [2.45, 2.75) is 39.5 Å². The van der Waals surface area contributed by atoms with Crippen LogP contribution in [0.1, 0.15) is 39.5 Å². The van der Waals surface area contributed by atoms with Crippen molar-refractivity contribution in [1.82, 2.24) is 0 Å². The average molecular weight is 129 g/mol. The Morgan fingerprint density at radius 2 is 2.00 bits per heavy atom. The van der Waals surface area contributed by atoms with Crippen LogP contribution in [0.5, 0.6) is 0 Å². The van der Waals surface area contributed by atoms with Gasteiger partial charge in [-0.15, -0.1) is 0 Å². The first-order valence-electron chi connectivity index (χ1n) is 4.01. The smallest absolute Gasteiger partial charge is 0.00773 e. The van der Waals surface area contributed by atoms with Crippen molar-refractivity contribution in [2.24, 2.45) is 11.7 Å². The summed E-state index contributed by atoms with van der Waals surface area (Å²) < 4.78 is 0. The molecule has 0 aromatic heterocycles. The summed E-state index contributed by atoms with van der Waals surface area (Å²) in [6.45, 7) is 5.40. The molecule has 0 radical (unpaired) electrons. The van der Waals surface area contributed by atoms with Crippen LogP contribution in [-0.4, -0.2) is 6.54 Å². The Bertz CT molecular complexity index is 52.5. The van der Waals surface area contributed by atoms with E-state index < -0.39 is 0 Å². The van der Waals surface area contributed by atoms with E-state index in [9.17, 15) is 0 Å². The number of nitrogens with two attached hydrogens (primary N) is 1. The summed E-state index contributed by atoms with van der Waals surface area (Å²) in [5, 5.41) is 0. The van der Waals surface area contributed by atoms with Gasteiger partial charge in [-0.25, -0.2) is 0 Å². The molecular weight excluding hydrogens is 110 g/mol. The van der Waals surface area contributed by atoms with Crippen molar-refractivity contribution >= 4 is 0 Å². The van der Waals surface area contributed by atoms with Crippen LogP contribution in [0, 0.1) is 5.92 Å². The third kappa shape index (κ3) is 5.84. The molecule has 0 aliphatic heterocycles. The van der Waals surface area contributed by atoms with Crippen LogP contribution < -0.4 is 5.73 Å². The van der Waals surface area contributed by atoms with Gasteiger partial charge < -0.3 is 5.73 Å². The van der Waals surface area contributed by atoms with E-state index in [4.69, 9.17) is 5.73 Å². The van der Waals surface area contributed by atoms with Crippen molar-refractivity contribution in [2.75, 3.05) is 6.54 Å². The summed E-state index contributed by atoms with van der Waals surface area (Å²) in [6.07, 6.45) is 5.17. The van der Waals surface area contributed by atoms with Crippen molar-refractivity contribution in [1.29, 1.82) is 0 Å². The molecule has 0 aromatic carbocycles. The van der Waals surface area contributed by atoms with Gasteiger partial charge in [-0.1, -0.05) is 33.1 Å². The summed E-state index contributed by atoms with van der Waals surface area (Å²) in [5.41, 5.74) is 5.36. The van der Waals surface area contributed by atoms with E-state index in [1.54, 1.807) is 0 Å². The summed E-state index contributed by atoms with van der Waals surface area (Å²) in [6, 6.07) is 0. The van der Waals surface area contributed by atoms with E-state index in [-0.39, 0.29) is 0 Å². The van der Waals surface area contributed by atoms with Crippen molar-refractivity contribution < 1.29 is 0 Å². The highest BCUT2D eigenvalue weighted by Crippen LogP contribution is 2.09. The molecule has 1 atom stereocenters. The normalized spacial score (nSPS) is 13.7. The molecule has 2 N–H and O–H groups in total. The molecule has 0 aliphatic carbocycles. The minimum atomic E-state index is 0.858. The first-order chi connectivity index (χ1) is 4.31. The molecule has 0 fully saturated rings. The van der Waals surface area contributed by atoms with Gasteiger partial charge >= 0.3 is 0 Å². The summed E-state index contributed by atoms with van der Waals surface area (Å²) in [5.74, 6) is 0.900. The van der Waals surface area contributed by atoms with E-state index in [1.807, 2.05) is 0 Å². The van der Waals surface area contributed by atoms with Gasteiger partial charge in [0.2, 0.25) is 0 Å². The van der Waals surface area contributed by atoms with Crippen LogP contribution in [0.2, 0.25) is 0 Å². The Balaban J connectivity index is 2.88. The van der Waals surface area contributed by atoms with Crippen molar-refractivity contribution in [3.63, 3.8) is 0 Å². The van der Waals surface area contributed by atoms with Crippen LogP contribution in [0.3, 0.4) is 0 Å². The second-order valence-electron chi connectivity index (χ2n) is 2.80. The molecule has 0 aromatic rings. The van der Waals surface area contributed by atoms with Gasteiger partial charge in [-0.3, -0.25) is 0 Å². The first-order valence-corrected chi connectivity index (χ1v) is 4.01. The molecule has 0 aliphatic rings. The SMILES string of the molecule is CC[C@H](C)CCCCN. The van der Waals surface area contributed by atoms with E-state index in [1.165, 1.54) is 25.7 Å². The molecule has 9 heavy (non-hydrogen) atoms. The fourth-order valence-corrected chi connectivity index (χ4v) is 0.841. The van der Waals surface area contributed by atoms with Crippen molar-refractivity contribution in [3.8, 4) is 0 Å². The molecule has 1 heteroatoms. The zero-order chi connectivity index (χ0) is 7.11.